The largest absolute Gasteiger partial charge is 0.402 e. The van der Waals surface area contributed by atoms with E-state index in [2.05, 4.69) is 46.8 Å². The molecule has 1 saturated heterocycles. The molecule has 0 spiro atoms. The lowest BCUT2D eigenvalue weighted by Gasteiger charge is -2.32. The van der Waals surface area contributed by atoms with Gasteiger partial charge in [-0.3, -0.25) is 4.99 Å². The van der Waals surface area contributed by atoms with Gasteiger partial charge in [-0.1, -0.05) is 11.6 Å². The zero-order valence-corrected chi connectivity index (χ0v) is 20.0. The van der Waals surface area contributed by atoms with Crippen molar-refractivity contribution in [2.75, 3.05) is 62.8 Å². The van der Waals surface area contributed by atoms with E-state index in [4.69, 9.17) is 17.3 Å². The molecule has 0 radical (unpaired) electrons. The lowest BCUT2D eigenvalue weighted by atomic mass is 10.3. The Bertz CT molecular complexity index is 1130. The lowest BCUT2D eigenvalue weighted by Crippen LogP contribution is -2.71. The van der Waals surface area contributed by atoms with E-state index in [1.807, 2.05) is 0 Å². The summed E-state index contributed by atoms with van der Waals surface area (Å²) < 4.78 is 27.4. The van der Waals surface area contributed by atoms with Gasteiger partial charge in [-0.2, -0.15) is 18.1 Å². The third-order valence-corrected chi connectivity index (χ3v) is 6.37. The number of fused-ring (bicyclic) bond motifs is 1. The zero-order valence-electron chi connectivity index (χ0n) is 18.4. The Morgan fingerprint density at radius 3 is 2.69 bits per heavy atom. The monoisotopic (exact) mass is 482 g/mol. The number of sulfonamides is 1. The van der Waals surface area contributed by atoms with Gasteiger partial charge in [0.25, 0.3) is 15.9 Å². The molecule has 32 heavy (non-hydrogen) atoms. The van der Waals surface area contributed by atoms with Crippen molar-refractivity contribution in [2.24, 2.45) is 5.73 Å². The van der Waals surface area contributed by atoms with Gasteiger partial charge in [0.1, 0.15) is 16.7 Å². The van der Waals surface area contributed by atoms with Crippen LogP contribution in [-0.2, 0) is 10.0 Å². The molecule has 0 atom stereocenters. The van der Waals surface area contributed by atoms with Crippen molar-refractivity contribution in [1.82, 2.24) is 24.6 Å². The van der Waals surface area contributed by atoms with Crippen LogP contribution in [0, 0.1) is 0 Å². The number of hydrogen-bond acceptors (Lipinski definition) is 9. The highest BCUT2D eigenvalue weighted by atomic mass is 35.5. The highest BCUT2D eigenvalue weighted by Crippen LogP contribution is 2.25. The van der Waals surface area contributed by atoms with Crippen molar-refractivity contribution < 1.29 is 13.4 Å². The number of pyridine rings is 1. The van der Waals surface area contributed by atoms with E-state index in [-0.39, 0.29) is 12.3 Å². The van der Waals surface area contributed by atoms with Crippen LogP contribution in [0.25, 0.3) is 10.9 Å². The summed E-state index contributed by atoms with van der Waals surface area (Å²) in [5.41, 5.74) is 6.74. The van der Waals surface area contributed by atoms with Gasteiger partial charge in [-0.15, -0.1) is 0 Å². The maximum absolute atomic E-state index is 12.5. The molecule has 0 bridgehead atoms. The van der Waals surface area contributed by atoms with Crippen LogP contribution in [-0.4, -0.2) is 86.7 Å². The van der Waals surface area contributed by atoms with Crippen molar-refractivity contribution in [3.8, 4) is 0 Å². The van der Waals surface area contributed by atoms with E-state index >= 15 is 0 Å². The quantitative estimate of drug-likeness (QED) is 0.216. The van der Waals surface area contributed by atoms with Crippen molar-refractivity contribution in [3.63, 3.8) is 0 Å². The molecular weight excluding hydrogens is 454 g/mol. The van der Waals surface area contributed by atoms with Gasteiger partial charge in [0, 0.05) is 49.9 Å². The summed E-state index contributed by atoms with van der Waals surface area (Å²) in [5, 5.41) is 4.11. The van der Waals surface area contributed by atoms with Crippen molar-refractivity contribution in [3.05, 3.63) is 29.2 Å². The van der Waals surface area contributed by atoms with Crippen LogP contribution in [0.5, 0.6) is 0 Å². The predicted octanol–water partition coefficient (Wildman–Crippen LogP) is -1.27. The summed E-state index contributed by atoms with van der Waals surface area (Å²) in [7, 11) is 0.0715. The Morgan fingerprint density at radius 2 is 2.03 bits per heavy atom. The second-order valence-electron chi connectivity index (χ2n) is 7.59. The number of hydrogen-bond donors (Lipinski definition) is 4. The predicted molar refractivity (Wildman–Crippen MR) is 127 cm³/mol. The van der Waals surface area contributed by atoms with E-state index in [9.17, 15) is 8.42 Å². The van der Waals surface area contributed by atoms with Gasteiger partial charge in [0.2, 0.25) is 5.95 Å². The molecule has 0 amide bonds. The van der Waals surface area contributed by atoms with Gasteiger partial charge >= 0.3 is 0 Å². The minimum absolute atomic E-state index is 0.131. The molecule has 13 heteroatoms. The fourth-order valence-electron chi connectivity index (χ4n) is 3.18. The zero-order chi connectivity index (χ0) is 23.3. The van der Waals surface area contributed by atoms with E-state index in [1.54, 1.807) is 26.2 Å². The second kappa shape index (κ2) is 10.3. The van der Waals surface area contributed by atoms with Crippen molar-refractivity contribution >= 4 is 50.1 Å². The first-order valence-electron chi connectivity index (χ1n) is 10.2. The van der Waals surface area contributed by atoms with E-state index in [0.29, 0.717) is 39.4 Å². The number of anilines is 2. The average molecular weight is 483 g/mol. The second-order valence-corrected chi connectivity index (χ2v) is 9.82. The SMILES string of the molecule is C[NH+]=C(/C=C(/C)N)NS(=O)(=O)CCNc1nc(N2CCN(C)CC2)nc2cnc(Cl)cc12. The third kappa shape index (κ3) is 6.40. The Labute approximate surface area is 192 Å². The Morgan fingerprint density at radius 1 is 1.31 bits per heavy atom. The number of halogens is 1. The Hall–Kier alpha value is -2.70. The number of nitrogens with one attached hydrogen (secondary N) is 3. The molecule has 5 N–H and O–H groups in total. The Balaban J connectivity index is 1.78. The van der Waals surface area contributed by atoms with Crippen molar-refractivity contribution in [2.45, 2.75) is 6.92 Å². The van der Waals surface area contributed by atoms with Crippen LogP contribution >= 0.6 is 11.6 Å². The molecule has 1 aliphatic heterocycles. The summed E-state index contributed by atoms with van der Waals surface area (Å²) >= 11 is 6.07. The molecule has 1 fully saturated rings. The molecular formula is C19H29ClN9O2S+. The highest BCUT2D eigenvalue weighted by Gasteiger charge is 2.21. The standard InChI is InChI=1S/C19H28ClN9O2S/c1-13(21)10-17(22-2)27-32(30,31)9-4-23-18-14-11-16(20)24-12-15(14)25-19(26-18)29-7-5-28(3)6-8-29/h10-12H,4-9,21H2,1-3H3,(H,22,27)(H,23,25,26)/p+1/b13-10-. The minimum Gasteiger partial charge on any atom is -0.402 e. The van der Waals surface area contributed by atoms with E-state index < -0.39 is 10.0 Å². The molecule has 0 aromatic carbocycles. The summed E-state index contributed by atoms with van der Waals surface area (Å²) in [4.78, 5) is 20.5. The first-order valence-corrected chi connectivity index (χ1v) is 12.2. The van der Waals surface area contributed by atoms with Gasteiger partial charge < -0.3 is 20.9 Å². The lowest BCUT2D eigenvalue weighted by molar-refractivity contribution is -0.420. The van der Waals surface area contributed by atoms with Gasteiger partial charge in [0.05, 0.1) is 18.8 Å². The molecule has 0 unspecified atom stereocenters. The number of likely N-dealkylation sites (N-methyl/N-ethyl adjacent to an activating group) is 1. The molecule has 174 valence electrons. The number of nitrogens with zero attached hydrogens (tertiary/aromatic N) is 5. The molecule has 3 rings (SSSR count). The van der Waals surface area contributed by atoms with Crippen molar-refractivity contribution in [1.29, 1.82) is 0 Å². The van der Waals surface area contributed by atoms with Gasteiger partial charge in [0.15, 0.2) is 0 Å². The topological polar surface area (TPSA) is 143 Å². The number of aromatic nitrogens is 3. The maximum atomic E-state index is 12.5. The van der Waals surface area contributed by atoms with Crippen LogP contribution in [0.4, 0.5) is 11.8 Å². The number of amidine groups is 1. The fraction of sp³-hybridized carbons (Fsp3) is 0.474. The normalized spacial score (nSPS) is 16.4. The van der Waals surface area contributed by atoms with Crippen LogP contribution in [0.15, 0.2) is 24.0 Å². The smallest absolute Gasteiger partial charge is 0.300 e. The van der Waals surface area contributed by atoms with Gasteiger partial charge in [-0.25, -0.2) is 9.97 Å². The summed E-state index contributed by atoms with van der Waals surface area (Å²) in [6, 6.07) is 1.67. The molecule has 3 heterocycles. The van der Waals surface area contributed by atoms with E-state index in [0.717, 1.165) is 26.2 Å². The molecule has 2 aromatic rings. The van der Waals surface area contributed by atoms with Crippen LogP contribution in [0.2, 0.25) is 5.15 Å². The summed E-state index contributed by atoms with van der Waals surface area (Å²) in [6.45, 7) is 5.23. The number of nitrogens with two attached hydrogens (primary N) is 1. The minimum atomic E-state index is -3.62. The number of rotatable bonds is 7. The van der Waals surface area contributed by atoms with Crippen LogP contribution in [0.3, 0.4) is 0 Å². The number of allylic oxidation sites excluding steroid dienone is 1. The maximum Gasteiger partial charge on any atom is 0.300 e. The third-order valence-electron chi connectivity index (χ3n) is 4.89. The van der Waals surface area contributed by atoms with E-state index in [1.165, 1.54) is 6.08 Å². The summed E-state index contributed by atoms with van der Waals surface area (Å²) in [5.74, 6) is 1.21. The first kappa shape index (κ1) is 24.0. The molecule has 2 aromatic heterocycles. The fourth-order valence-corrected chi connectivity index (χ4v) is 4.31. The van der Waals surface area contributed by atoms with Crippen LogP contribution < -0.4 is 25.7 Å². The highest BCUT2D eigenvalue weighted by molar-refractivity contribution is 7.90. The molecule has 0 saturated carbocycles. The molecule has 1 aliphatic rings. The molecule has 11 nitrogen and oxygen atoms in total. The average Bonchev–Trinajstić information content (AvgIpc) is 2.73. The summed E-state index contributed by atoms with van der Waals surface area (Å²) in [6.07, 6.45) is 3.11. The van der Waals surface area contributed by atoms with Crippen LogP contribution in [0.1, 0.15) is 6.92 Å². The number of piperazine rings is 1. The van der Waals surface area contributed by atoms with Gasteiger partial charge in [-0.05, 0) is 20.0 Å². The first-order chi connectivity index (χ1) is 15.2. The Kier molecular flexibility index (Phi) is 7.69. The molecule has 0 aliphatic carbocycles.